The molecule has 0 aliphatic carbocycles. The average molecular weight is 258 g/mol. The van der Waals surface area contributed by atoms with E-state index >= 15 is 0 Å². The van der Waals surface area contributed by atoms with Crippen LogP contribution in [0.1, 0.15) is 18.4 Å². The Balaban J connectivity index is 1.98. The van der Waals surface area contributed by atoms with E-state index in [9.17, 15) is 5.11 Å². The van der Waals surface area contributed by atoms with Crippen LogP contribution in [0.15, 0.2) is 52.3 Å². The number of fused-ring (bicyclic) bond motifs is 2. The Morgan fingerprint density at radius 1 is 1.11 bits per heavy atom. The number of aliphatic hydroxyl groups excluding tert-OH is 1. The maximum atomic E-state index is 9.21. The molecule has 3 heteroatoms. The summed E-state index contributed by atoms with van der Waals surface area (Å²) >= 11 is 1.72. The monoisotopic (exact) mass is 258 g/mol. The molecule has 0 fully saturated rings. The molecule has 0 spiro atoms. The molecule has 92 valence electrons. The zero-order valence-corrected chi connectivity index (χ0v) is 10.9. The summed E-state index contributed by atoms with van der Waals surface area (Å²) in [6.07, 6.45) is 0. The van der Waals surface area contributed by atoms with Gasteiger partial charge in [-0.15, -0.1) is 0 Å². The van der Waals surface area contributed by atoms with E-state index in [1.54, 1.807) is 11.8 Å². The van der Waals surface area contributed by atoms with Crippen LogP contribution < -0.4 is 4.74 Å². The molecule has 1 heterocycles. The second-order valence-corrected chi connectivity index (χ2v) is 5.52. The quantitative estimate of drug-likeness (QED) is 0.752. The maximum Gasteiger partial charge on any atom is 0.141 e. The first-order valence-corrected chi connectivity index (χ1v) is 6.79. The van der Waals surface area contributed by atoms with E-state index < -0.39 is 0 Å². The number of rotatable bonds is 2. The summed E-state index contributed by atoms with van der Waals surface area (Å²) in [5.74, 6) is 1.97. The summed E-state index contributed by atoms with van der Waals surface area (Å²) in [5, 5.41) is 9.21. The van der Waals surface area contributed by atoms with Crippen molar-refractivity contribution in [1.82, 2.24) is 0 Å². The molecule has 3 rings (SSSR count). The summed E-state index contributed by atoms with van der Waals surface area (Å²) < 4.78 is 5.86. The molecule has 0 saturated heterocycles. The van der Waals surface area contributed by atoms with Crippen molar-refractivity contribution < 1.29 is 9.84 Å². The van der Waals surface area contributed by atoms with E-state index in [1.807, 2.05) is 37.3 Å². The number of aliphatic hydroxyl groups is 1. The molecule has 1 unspecified atom stereocenters. The highest BCUT2D eigenvalue weighted by molar-refractivity contribution is 7.99. The Kier molecular flexibility index (Phi) is 3.02. The SMILES string of the molecule is CC(CO)c1ccc2c(c1)Sc1ccccc1O2. The molecule has 0 amide bonds. The lowest BCUT2D eigenvalue weighted by molar-refractivity contribution is 0.273. The van der Waals surface area contributed by atoms with E-state index in [0.717, 1.165) is 26.9 Å². The lowest BCUT2D eigenvalue weighted by Gasteiger charge is -2.20. The van der Waals surface area contributed by atoms with Gasteiger partial charge in [-0.1, -0.05) is 36.9 Å². The number of ether oxygens (including phenoxy) is 1. The predicted octanol–water partition coefficient (Wildman–Crippen LogP) is 4.04. The van der Waals surface area contributed by atoms with Crippen LogP contribution in [0.4, 0.5) is 0 Å². The largest absolute Gasteiger partial charge is 0.455 e. The molecule has 0 bridgehead atoms. The van der Waals surface area contributed by atoms with Crippen LogP contribution >= 0.6 is 11.8 Å². The van der Waals surface area contributed by atoms with E-state index in [4.69, 9.17) is 4.74 Å². The van der Waals surface area contributed by atoms with Crippen LogP contribution in [0.3, 0.4) is 0 Å². The van der Waals surface area contributed by atoms with Gasteiger partial charge < -0.3 is 9.84 Å². The fourth-order valence-corrected chi connectivity index (χ4v) is 2.96. The van der Waals surface area contributed by atoms with Crippen molar-refractivity contribution in [2.24, 2.45) is 0 Å². The molecule has 1 N–H and O–H groups in total. The van der Waals surface area contributed by atoms with Gasteiger partial charge in [0.2, 0.25) is 0 Å². The number of para-hydroxylation sites is 1. The minimum absolute atomic E-state index is 0.160. The molecule has 1 aliphatic rings. The third kappa shape index (κ3) is 2.00. The van der Waals surface area contributed by atoms with Crippen molar-refractivity contribution >= 4 is 11.8 Å². The Labute approximate surface area is 111 Å². The van der Waals surface area contributed by atoms with E-state index in [1.165, 1.54) is 0 Å². The molecule has 18 heavy (non-hydrogen) atoms. The number of hydrogen-bond donors (Lipinski definition) is 1. The number of benzene rings is 2. The van der Waals surface area contributed by atoms with Gasteiger partial charge >= 0.3 is 0 Å². The maximum absolute atomic E-state index is 9.21. The van der Waals surface area contributed by atoms with Gasteiger partial charge in [-0.25, -0.2) is 0 Å². The first-order valence-electron chi connectivity index (χ1n) is 5.97. The third-order valence-electron chi connectivity index (χ3n) is 3.10. The molecular weight excluding hydrogens is 244 g/mol. The van der Waals surface area contributed by atoms with E-state index in [0.29, 0.717) is 0 Å². The lowest BCUT2D eigenvalue weighted by atomic mass is 10.0. The summed E-state index contributed by atoms with van der Waals surface area (Å²) in [5.41, 5.74) is 1.15. The average Bonchev–Trinajstić information content (AvgIpc) is 2.43. The van der Waals surface area contributed by atoms with Gasteiger partial charge in [-0.05, 0) is 29.8 Å². The van der Waals surface area contributed by atoms with Gasteiger partial charge in [-0.3, -0.25) is 0 Å². The first-order chi connectivity index (χ1) is 8.78. The van der Waals surface area contributed by atoms with Crippen molar-refractivity contribution in [2.75, 3.05) is 6.61 Å². The Morgan fingerprint density at radius 2 is 1.89 bits per heavy atom. The molecule has 0 aromatic heterocycles. The fraction of sp³-hybridized carbons (Fsp3) is 0.200. The van der Waals surface area contributed by atoms with Gasteiger partial charge in [0.15, 0.2) is 0 Å². The van der Waals surface area contributed by atoms with Crippen LogP contribution in [0.5, 0.6) is 11.5 Å². The molecule has 2 aromatic rings. The molecule has 0 saturated carbocycles. The molecule has 1 aliphatic heterocycles. The molecule has 0 radical (unpaired) electrons. The standard InChI is InChI=1S/C15H14O2S/c1-10(9-16)11-6-7-13-15(8-11)18-14-5-3-2-4-12(14)17-13/h2-8,10,16H,9H2,1H3. The second-order valence-electron chi connectivity index (χ2n) is 4.44. The predicted molar refractivity (Wildman–Crippen MR) is 72.6 cm³/mol. The fourth-order valence-electron chi connectivity index (χ4n) is 1.96. The van der Waals surface area contributed by atoms with Gasteiger partial charge in [0, 0.05) is 12.5 Å². The Bertz CT molecular complexity index is 580. The Hall–Kier alpha value is -1.45. The van der Waals surface area contributed by atoms with Crippen molar-refractivity contribution in [1.29, 1.82) is 0 Å². The van der Waals surface area contributed by atoms with Gasteiger partial charge in [0.05, 0.1) is 9.79 Å². The third-order valence-corrected chi connectivity index (χ3v) is 4.20. The lowest BCUT2D eigenvalue weighted by Crippen LogP contribution is -2.01. The van der Waals surface area contributed by atoms with Gasteiger partial charge in [0.25, 0.3) is 0 Å². The molecule has 2 aromatic carbocycles. The van der Waals surface area contributed by atoms with Crippen molar-refractivity contribution in [3.8, 4) is 11.5 Å². The Morgan fingerprint density at radius 3 is 2.72 bits per heavy atom. The van der Waals surface area contributed by atoms with Crippen molar-refractivity contribution in [2.45, 2.75) is 22.6 Å². The summed E-state index contributed by atoms with van der Waals surface area (Å²) in [6, 6.07) is 14.2. The van der Waals surface area contributed by atoms with Crippen LogP contribution in [0.25, 0.3) is 0 Å². The minimum atomic E-state index is 0.160. The highest BCUT2D eigenvalue weighted by atomic mass is 32.2. The van der Waals surface area contributed by atoms with E-state index in [2.05, 4.69) is 12.1 Å². The van der Waals surface area contributed by atoms with Crippen LogP contribution in [0.2, 0.25) is 0 Å². The van der Waals surface area contributed by atoms with Crippen LogP contribution in [0, 0.1) is 0 Å². The zero-order valence-electron chi connectivity index (χ0n) is 10.1. The minimum Gasteiger partial charge on any atom is -0.455 e. The smallest absolute Gasteiger partial charge is 0.141 e. The summed E-state index contributed by atoms with van der Waals surface area (Å²) in [7, 11) is 0. The zero-order chi connectivity index (χ0) is 12.5. The van der Waals surface area contributed by atoms with Gasteiger partial charge in [-0.2, -0.15) is 0 Å². The normalized spacial score (nSPS) is 14.3. The summed E-state index contributed by atoms with van der Waals surface area (Å²) in [6.45, 7) is 2.19. The highest BCUT2D eigenvalue weighted by Gasteiger charge is 2.18. The molecular formula is C15H14O2S. The molecule has 2 nitrogen and oxygen atoms in total. The highest BCUT2D eigenvalue weighted by Crippen LogP contribution is 2.47. The van der Waals surface area contributed by atoms with Gasteiger partial charge in [0.1, 0.15) is 11.5 Å². The first kappa shape index (κ1) is 11.6. The van der Waals surface area contributed by atoms with E-state index in [-0.39, 0.29) is 12.5 Å². The molecule has 1 atom stereocenters. The summed E-state index contributed by atoms with van der Waals surface area (Å²) in [4.78, 5) is 2.25. The van der Waals surface area contributed by atoms with Crippen molar-refractivity contribution in [3.05, 3.63) is 48.0 Å². The van der Waals surface area contributed by atoms with Crippen LogP contribution in [-0.4, -0.2) is 11.7 Å². The number of hydrogen-bond acceptors (Lipinski definition) is 3. The van der Waals surface area contributed by atoms with Crippen LogP contribution in [-0.2, 0) is 0 Å². The second kappa shape index (κ2) is 4.67. The topological polar surface area (TPSA) is 29.5 Å². The van der Waals surface area contributed by atoms with Crippen molar-refractivity contribution in [3.63, 3.8) is 0 Å².